The highest BCUT2D eigenvalue weighted by Gasteiger charge is 2.26. The Morgan fingerprint density at radius 2 is 1.06 bits per heavy atom. The summed E-state index contributed by atoms with van der Waals surface area (Å²) >= 11 is 0. The van der Waals surface area contributed by atoms with Crippen molar-refractivity contribution >= 4 is 19.8 Å². The van der Waals surface area contributed by atoms with E-state index in [1.807, 2.05) is 0 Å². The van der Waals surface area contributed by atoms with Crippen LogP contribution in [0.15, 0.2) is 60.8 Å². The van der Waals surface area contributed by atoms with Crippen LogP contribution < -0.4 is 5.32 Å². The van der Waals surface area contributed by atoms with Crippen LogP contribution in [0.3, 0.4) is 0 Å². The van der Waals surface area contributed by atoms with E-state index < -0.39 is 32.5 Å². The summed E-state index contributed by atoms with van der Waals surface area (Å²) in [6, 6.07) is 0. The molecule has 0 saturated carbocycles. The first-order valence-electron chi connectivity index (χ1n) is 21.2. The number of nitrogens with one attached hydrogen (secondary N) is 1. The van der Waals surface area contributed by atoms with E-state index in [4.69, 9.17) is 18.5 Å². The Labute approximate surface area is 330 Å². The van der Waals surface area contributed by atoms with Crippen molar-refractivity contribution in [3.05, 3.63) is 60.8 Å². The first-order chi connectivity index (χ1) is 26.3. The number of carbonyl (C=O) groups is 2. The van der Waals surface area contributed by atoms with Crippen LogP contribution in [0.2, 0.25) is 0 Å². The first kappa shape index (κ1) is 51.7. The van der Waals surface area contributed by atoms with Gasteiger partial charge in [-0.3, -0.25) is 18.6 Å². The minimum absolute atomic E-state index is 0.0242. The lowest BCUT2D eigenvalue weighted by Crippen LogP contribution is -2.29. The maximum Gasteiger partial charge on any atom is 0.472 e. The molecule has 9 nitrogen and oxygen atoms in total. The van der Waals surface area contributed by atoms with Gasteiger partial charge in [-0.15, -0.1) is 0 Å². The van der Waals surface area contributed by atoms with E-state index in [1.54, 1.807) is 7.05 Å². The molecule has 0 fully saturated rings. The van der Waals surface area contributed by atoms with Crippen LogP contribution in [0.5, 0.6) is 0 Å². The van der Waals surface area contributed by atoms with Crippen molar-refractivity contribution in [2.75, 3.05) is 33.4 Å². The quantitative estimate of drug-likeness (QED) is 0.0272. The van der Waals surface area contributed by atoms with E-state index in [-0.39, 0.29) is 26.1 Å². The zero-order valence-corrected chi connectivity index (χ0v) is 35.3. The summed E-state index contributed by atoms with van der Waals surface area (Å²) in [5.41, 5.74) is 0. The molecule has 0 aliphatic rings. The van der Waals surface area contributed by atoms with Crippen LogP contribution in [-0.4, -0.2) is 56.3 Å². The fourth-order valence-corrected chi connectivity index (χ4v) is 6.17. The lowest BCUT2D eigenvalue weighted by Gasteiger charge is -2.20. The highest BCUT2D eigenvalue weighted by Crippen LogP contribution is 2.43. The number of unbranched alkanes of at least 4 members (excludes halogenated alkanes) is 15. The number of hydrogen-bond donors (Lipinski definition) is 2. The third-order valence-electron chi connectivity index (χ3n) is 8.62. The largest absolute Gasteiger partial charge is 0.472 e. The van der Waals surface area contributed by atoms with Gasteiger partial charge < -0.3 is 19.7 Å². The fraction of sp³-hybridized carbons (Fsp3) is 0.727. The summed E-state index contributed by atoms with van der Waals surface area (Å²) < 4.78 is 33.1. The number of likely N-dealkylation sites (N-methyl/N-ethyl adjacent to an activating group) is 1. The number of phosphoric ester groups is 1. The van der Waals surface area contributed by atoms with Crippen molar-refractivity contribution in [3.63, 3.8) is 0 Å². The highest BCUT2D eigenvalue weighted by atomic mass is 31.2. The number of esters is 2. The molecule has 0 aromatic carbocycles. The second-order valence-electron chi connectivity index (χ2n) is 13.8. The lowest BCUT2D eigenvalue weighted by atomic mass is 10.1. The Morgan fingerprint density at radius 3 is 1.57 bits per heavy atom. The zero-order chi connectivity index (χ0) is 39.6. The molecule has 10 heteroatoms. The molecule has 0 radical (unpaired) electrons. The molecule has 2 unspecified atom stereocenters. The summed E-state index contributed by atoms with van der Waals surface area (Å²) in [6.45, 7) is 4.05. The molecule has 0 heterocycles. The normalized spacial score (nSPS) is 13.9. The Kier molecular flexibility index (Phi) is 38.7. The molecule has 0 aliphatic carbocycles. The maximum atomic E-state index is 12.6. The first-order valence-corrected chi connectivity index (χ1v) is 22.7. The van der Waals surface area contributed by atoms with Gasteiger partial charge in [0.15, 0.2) is 6.10 Å². The summed E-state index contributed by atoms with van der Waals surface area (Å²) in [4.78, 5) is 35.0. The molecule has 0 aromatic heterocycles. The standard InChI is InChI=1S/C44H78NO8P/c1-4-6-8-10-12-14-16-18-20-21-23-25-27-29-31-33-35-37-44(47)53-42(41-52-54(48,49)51-39-38-45-3)40-50-43(46)36-34-32-30-28-26-24-22-19-17-15-13-11-9-7-5-2/h7,9,12-15,18-20,22,42,45H,4-6,8,10-11,16-17,21,23-41H2,1-3H3,(H,48,49)/b9-7-,14-12-,15-13-,20-18-,22-19-. The lowest BCUT2D eigenvalue weighted by molar-refractivity contribution is -0.161. The van der Waals surface area contributed by atoms with Gasteiger partial charge in [-0.05, 0) is 84.1 Å². The van der Waals surface area contributed by atoms with Crippen LogP contribution in [0.25, 0.3) is 0 Å². The molecule has 0 aromatic rings. The number of allylic oxidation sites excluding steroid dienone is 10. The van der Waals surface area contributed by atoms with Gasteiger partial charge >= 0.3 is 19.8 Å². The molecule has 54 heavy (non-hydrogen) atoms. The van der Waals surface area contributed by atoms with Crippen molar-refractivity contribution < 1.29 is 37.6 Å². The predicted molar refractivity (Wildman–Crippen MR) is 224 cm³/mol. The Bertz CT molecular complexity index is 1070. The average Bonchev–Trinajstić information content (AvgIpc) is 3.15. The Morgan fingerprint density at radius 1 is 0.593 bits per heavy atom. The SMILES string of the molecule is CC/C=C\C/C=C\C/C=C\CCCCCCCC(=O)OCC(COP(=O)(O)OCCNC)OC(=O)CCCCCCCCC/C=C\C/C=C\CCCCC. The van der Waals surface area contributed by atoms with Crippen LogP contribution in [0, 0.1) is 0 Å². The van der Waals surface area contributed by atoms with Crippen molar-refractivity contribution in [3.8, 4) is 0 Å². The molecule has 312 valence electrons. The van der Waals surface area contributed by atoms with Crippen LogP contribution in [0.1, 0.15) is 168 Å². The molecule has 0 rings (SSSR count). The number of rotatable bonds is 39. The van der Waals surface area contributed by atoms with Gasteiger partial charge in [0.1, 0.15) is 6.61 Å². The van der Waals surface area contributed by atoms with Gasteiger partial charge in [-0.25, -0.2) is 4.57 Å². The third kappa shape index (κ3) is 39.4. The monoisotopic (exact) mass is 780 g/mol. The molecular weight excluding hydrogens is 701 g/mol. The highest BCUT2D eigenvalue weighted by molar-refractivity contribution is 7.47. The molecule has 0 saturated heterocycles. The van der Waals surface area contributed by atoms with E-state index >= 15 is 0 Å². The fourth-order valence-electron chi connectivity index (χ4n) is 5.42. The van der Waals surface area contributed by atoms with Gasteiger partial charge in [0.25, 0.3) is 0 Å². The number of phosphoric acid groups is 1. The number of hydrogen-bond acceptors (Lipinski definition) is 8. The van der Waals surface area contributed by atoms with E-state index in [1.165, 1.54) is 44.9 Å². The minimum atomic E-state index is -4.36. The minimum Gasteiger partial charge on any atom is -0.462 e. The van der Waals surface area contributed by atoms with E-state index in [0.29, 0.717) is 19.4 Å². The predicted octanol–water partition coefficient (Wildman–Crippen LogP) is 12.0. The summed E-state index contributed by atoms with van der Waals surface area (Å²) in [5, 5.41) is 2.82. The number of ether oxygens (including phenoxy) is 2. The van der Waals surface area contributed by atoms with Crippen molar-refractivity contribution in [2.24, 2.45) is 0 Å². The molecule has 0 amide bonds. The smallest absolute Gasteiger partial charge is 0.462 e. The Hall–Kier alpha value is -2.29. The molecule has 2 atom stereocenters. The molecule has 0 spiro atoms. The Balaban J connectivity index is 4.28. The van der Waals surface area contributed by atoms with Crippen molar-refractivity contribution in [1.29, 1.82) is 0 Å². The van der Waals surface area contributed by atoms with Gasteiger partial charge in [0.2, 0.25) is 0 Å². The zero-order valence-electron chi connectivity index (χ0n) is 34.4. The average molecular weight is 780 g/mol. The van der Waals surface area contributed by atoms with Gasteiger partial charge in [0, 0.05) is 19.4 Å². The van der Waals surface area contributed by atoms with Crippen molar-refractivity contribution in [1.82, 2.24) is 5.32 Å². The van der Waals surface area contributed by atoms with Gasteiger partial charge in [-0.1, -0.05) is 139 Å². The van der Waals surface area contributed by atoms with E-state index in [2.05, 4.69) is 79.9 Å². The summed E-state index contributed by atoms with van der Waals surface area (Å²) in [6.07, 6.45) is 45.4. The van der Waals surface area contributed by atoms with E-state index in [0.717, 1.165) is 83.5 Å². The number of carbonyl (C=O) groups excluding carboxylic acids is 2. The van der Waals surface area contributed by atoms with Crippen molar-refractivity contribution in [2.45, 2.75) is 174 Å². The van der Waals surface area contributed by atoms with Gasteiger partial charge in [0.05, 0.1) is 13.2 Å². The van der Waals surface area contributed by atoms with Crippen LogP contribution >= 0.6 is 7.82 Å². The summed E-state index contributed by atoms with van der Waals surface area (Å²) in [7, 11) is -2.66. The molecular formula is C44H78NO8P. The topological polar surface area (TPSA) is 120 Å². The summed E-state index contributed by atoms with van der Waals surface area (Å²) in [5.74, 6) is -0.840. The molecule has 0 bridgehead atoms. The molecule has 2 N–H and O–H groups in total. The van der Waals surface area contributed by atoms with Crippen LogP contribution in [0.4, 0.5) is 0 Å². The second kappa shape index (κ2) is 40.4. The van der Waals surface area contributed by atoms with E-state index in [9.17, 15) is 19.0 Å². The second-order valence-corrected chi connectivity index (χ2v) is 15.2. The van der Waals surface area contributed by atoms with Crippen LogP contribution in [-0.2, 0) is 32.7 Å². The maximum absolute atomic E-state index is 12.6. The van der Waals surface area contributed by atoms with Gasteiger partial charge in [-0.2, -0.15) is 0 Å². The molecule has 0 aliphatic heterocycles. The third-order valence-corrected chi connectivity index (χ3v) is 9.61.